The van der Waals surface area contributed by atoms with Gasteiger partial charge in [-0.2, -0.15) is 26.3 Å². The van der Waals surface area contributed by atoms with E-state index in [9.17, 15) is 51.2 Å². The number of carboxylic acids is 1. The first kappa shape index (κ1) is 31.6. The Bertz CT molecular complexity index is 1300. The zero-order valence-electron chi connectivity index (χ0n) is 21.8. The molecule has 1 aliphatic heterocycles. The first-order valence-corrected chi connectivity index (χ1v) is 12.2. The van der Waals surface area contributed by atoms with E-state index in [0.29, 0.717) is 5.56 Å². The second-order valence-electron chi connectivity index (χ2n) is 10.2. The van der Waals surface area contributed by atoms with Gasteiger partial charge in [-0.25, -0.2) is 9.78 Å². The molecular weight excluding hydrogens is 566 g/mol. The number of aromatic nitrogens is 1. The zero-order chi connectivity index (χ0) is 30.8. The zero-order valence-corrected chi connectivity index (χ0v) is 21.8. The van der Waals surface area contributed by atoms with Gasteiger partial charge < -0.3 is 9.84 Å². The lowest BCUT2D eigenvalue weighted by Gasteiger charge is -2.38. The number of nitrogens with one attached hydrogen (secondary N) is 1. The summed E-state index contributed by atoms with van der Waals surface area (Å²) in [5.41, 5.74) is -6.72. The minimum atomic E-state index is -5.37. The lowest BCUT2D eigenvalue weighted by molar-refractivity contribution is -0.385. The number of nitrogens with zero attached hydrogens (tertiary/aromatic N) is 3. The Morgan fingerprint density at radius 1 is 1.15 bits per heavy atom. The van der Waals surface area contributed by atoms with Crippen molar-refractivity contribution >= 4 is 23.4 Å². The second kappa shape index (κ2) is 11.5. The molecule has 1 fully saturated rings. The molecule has 1 aromatic carbocycles. The van der Waals surface area contributed by atoms with E-state index in [2.05, 4.69) is 4.98 Å². The first-order chi connectivity index (χ1) is 18.9. The normalized spacial score (nSPS) is 20.1. The predicted octanol–water partition coefficient (Wildman–Crippen LogP) is 5.98. The van der Waals surface area contributed by atoms with Crippen LogP contribution >= 0.6 is 0 Å². The van der Waals surface area contributed by atoms with E-state index < -0.39 is 82.5 Å². The van der Waals surface area contributed by atoms with Crippen molar-refractivity contribution in [3.63, 3.8) is 0 Å². The van der Waals surface area contributed by atoms with E-state index in [1.165, 1.54) is 12.1 Å². The van der Waals surface area contributed by atoms with Crippen LogP contribution in [0.5, 0.6) is 0 Å². The fourth-order valence-corrected chi connectivity index (χ4v) is 4.38. The van der Waals surface area contributed by atoms with Gasteiger partial charge in [0.05, 0.1) is 11.5 Å². The number of alkyl halides is 6. The van der Waals surface area contributed by atoms with Gasteiger partial charge in [0, 0.05) is 12.6 Å². The molecule has 0 aliphatic carbocycles. The van der Waals surface area contributed by atoms with Crippen LogP contribution in [0.15, 0.2) is 36.4 Å². The summed E-state index contributed by atoms with van der Waals surface area (Å²) >= 11 is 0. The highest BCUT2D eigenvalue weighted by Gasteiger charge is 2.63. The van der Waals surface area contributed by atoms with Crippen molar-refractivity contribution in [3.8, 4) is 0 Å². The highest BCUT2D eigenvalue weighted by molar-refractivity contribution is 5.91. The van der Waals surface area contributed by atoms with E-state index in [-0.39, 0.29) is 30.3 Å². The molecule has 41 heavy (non-hydrogen) atoms. The molecule has 1 aromatic heterocycles. The molecule has 1 saturated heterocycles. The van der Waals surface area contributed by atoms with E-state index >= 15 is 0 Å². The maximum atomic E-state index is 14.7. The molecular formula is C25H26F6N4O6. The number of anilines is 1. The van der Waals surface area contributed by atoms with Crippen LogP contribution in [-0.2, 0) is 22.3 Å². The van der Waals surface area contributed by atoms with Gasteiger partial charge in [0.2, 0.25) is 11.3 Å². The molecule has 1 unspecified atom stereocenters. The Balaban J connectivity index is 2.17. The number of ether oxygens (including phenoxy) is 1. The van der Waals surface area contributed by atoms with Crippen molar-refractivity contribution in [2.24, 2.45) is 5.41 Å². The van der Waals surface area contributed by atoms with Crippen molar-refractivity contribution in [1.82, 2.24) is 9.99 Å². The van der Waals surface area contributed by atoms with Crippen LogP contribution < -0.4 is 5.43 Å². The van der Waals surface area contributed by atoms with Crippen LogP contribution in [0.1, 0.15) is 61.1 Å². The van der Waals surface area contributed by atoms with Gasteiger partial charge in [-0.3, -0.25) is 25.3 Å². The van der Waals surface area contributed by atoms with Gasteiger partial charge in [0.15, 0.2) is 5.82 Å². The van der Waals surface area contributed by atoms with Gasteiger partial charge in [-0.1, -0.05) is 44.2 Å². The maximum absolute atomic E-state index is 14.7. The third-order valence-corrected chi connectivity index (χ3v) is 6.72. The van der Waals surface area contributed by atoms with E-state index in [1.807, 2.05) is 5.43 Å². The molecule has 0 saturated carbocycles. The van der Waals surface area contributed by atoms with Crippen LogP contribution in [-0.4, -0.2) is 50.2 Å². The van der Waals surface area contributed by atoms with Crippen molar-refractivity contribution < 1.29 is 50.7 Å². The van der Waals surface area contributed by atoms with Crippen molar-refractivity contribution in [2.75, 3.05) is 12.0 Å². The molecule has 1 atom stereocenters. The van der Waals surface area contributed by atoms with Gasteiger partial charge >= 0.3 is 24.0 Å². The summed E-state index contributed by atoms with van der Waals surface area (Å²) in [4.78, 5) is 38.3. The minimum Gasteiger partial charge on any atom is -0.476 e. The fraction of sp³-hybridized carbons (Fsp3) is 0.480. The Labute approximate surface area is 229 Å². The van der Waals surface area contributed by atoms with Crippen molar-refractivity contribution in [1.29, 1.82) is 0 Å². The van der Waals surface area contributed by atoms with E-state index in [4.69, 9.17) is 4.74 Å². The SMILES string of the molecule is CC1(C)CCCC(OCc2ccccc2)(C(F)(F)F)C(=O)N(Nc2nc(C(=O)O)c([N+](=O)[O-])cc2C(F)(F)F)CC1. The number of aromatic carboxylic acids is 1. The Morgan fingerprint density at radius 2 is 1.78 bits per heavy atom. The van der Waals surface area contributed by atoms with Crippen LogP contribution in [0.4, 0.5) is 37.8 Å². The maximum Gasteiger partial charge on any atom is 0.426 e. The lowest BCUT2D eigenvalue weighted by atomic mass is 9.83. The highest BCUT2D eigenvalue weighted by Crippen LogP contribution is 2.44. The summed E-state index contributed by atoms with van der Waals surface area (Å²) < 4.78 is 91.2. The quantitative estimate of drug-likeness (QED) is 0.228. The summed E-state index contributed by atoms with van der Waals surface area (Å²) in [6.07, 6.45) is -11.4. The standard InChI is InChI=1S/C25H26F6N4O6/c1-22(2)9-6-10-23(25(29,30)31,41-14-15-7-4-3-5-8-15)21(38)34(12-11-22)33-19-16(24(26,27)28)13-17(35(39)40)18(32-19)20(36)37/h3-5,7-8,13H,6,9-12,14H2,1-2H3,(H,32,33)(H,36,37). The fourth-order valence-electron chi connectivity index (χ4n) is 4.38. The topological polar surface area (TPSA) is 135 Å². The highest BCUT2D eigenvalue weighted by atomic mass is 19.4. The summed E-state index contributed by atoms with van der Waals surface area (Å²) in [5, 5.41) is 20.8. The van der Waals surface area contributed by atoms with Crippen LogP contribution in [0, 0.1) is 15.5 Å². The van der Waals surface area contributed by atoms with Gasteiger partial charge in [-0.05, 0) is 36.7 Å². The molecule has 2 N–H and O–H groups in total. The Hall–Kier alpha value is -3.95. The van der Waals surface area contributed by atoms with E-state index in [0.717, 1.165) is 0 Å². The average molecular weight is 592 g/mol. The van der Waals surface area contributed by atoms with Gasteiger partial charge in [-0.15, -0.1) is 0 Å². The number of carboxylic acid groups (broad SMARTS) is 1. The summed E-state index contributed by atoms with van der Waals surface area (Å²) in [5.74, 6) is -5.24. The number of carbonyl (C=O) groups excluding carboxylic acids is 1. The predicted molar refractivity (Wildman–Crippen MR) is 130 cm³/mol. The molecule has 16 heteroatoms. The Kier molecular flexibility index (Phi) is 8.86. The summed E-state index contributed by atoms with van der Waals surface area (Å²) in [6, 6.07) is 7.52. The molecule has 2 heterocycles. The number of hydrogen-bond donors (Lipinski definition) is 2. The monoisotopic (exact) mass is 592 g/mol. The molecule has 0 bridgehead atoms. The number of hydrogen-bond acceptors (Lipinski definition) is 7. The van der Waals surface area contributed by atoms with E-state index in [1.54, 1.807) is 32.0 Å². The summed E-state index contributed by atoms with van der Waals surface area (Å²) in [7, 11) is 0. The first-order valence-electron chi connectivity index (χ1n) is 12.2. The molecule has 2 aromatic rings. The molecule has 0 radical (unpaired) electrons. The largest absolute Gasteiger partial charge is 0.476 e. The molecule has 10 nitrogen and oxygen atoms in total. The number of nitro groups is 1. The molecule has 3 rings (SSSR count). The number of amides is 1. The summed E-state index contributed by atoms with van der Waals surface area (Å²) in [6.45, 7) is 2.19. The van der Waals surface area contributed by atoms with Crippen LogP contribution in [0.3, 0.4) is 0 Å². The van der Waals surface area contributed by atoms with Gasteiger partial charge in [0.1, 0.15) is 5.56 Å². The number of benzene rings is 1. The second-order valence-corrected chi connectivity index (χ2v) is 10.2. The van der Waals surface area contributed by atoms with Crippen molar-refractivity contribution in [2.45, 2.75) is 64.1 Å². The minimum absolute atomic E-state index is 0.0263. The van der Waals surface area contributed by atoms with Crippen molar-refractivity contribution in [3.05, 3.63) is 63.3 Å². The molecule has 1 amide bonds. The number of carbonyl (C=O) groups is 2. The number of pyridine rings is 1. The lowest BCUT2D eigenvalue weighted by Crippen LogP contribution is -2.61. The van der Waals surface area contributed by atoms with Gasteiger partial charge in [0.25, 0.3) is 5.91 Å². The Morgan fingerprint density at radius 3 is 2.32 bits per heavy atom. The third-order valence-electron chi connectivity index (χ3n) is 6.72. The van der Waals surface area contributed by atoms with Crippen LogP contribution in [0.2, 0.25) is 0 Å². The molecule has 1 aliphatic rings. The number of rotatable bonds is 7. The third kappa shape index (κ3) is 7.04. The molecule has 224 valence electrons. The number of hydrazine groups is 1. The smallest absolute Gasteiger partial charge is 0.426 e. The number of halogens is 6. The average Bonchev–Trinajstić information content (AvgIpc) is 2.90. The molecule has 0 spiro atoms. The van der Waals surface area contributed by atoms with Crippen LogP contribution in [0.25, 0.3) is 0 Å².